The van der Waals surface area contributed by atoms with Crippen LogP contribution in [-0.4, -0.2) is 49.2 Å². The molecule has 1 fully saturated rings. The third-order valence-electron chi connectivity index (χ3n) is 3.04. The van der Waals surface area contributed by atoms with Crippen molar-refractivity contribution >= 4 is 15.9 Å². The monoisotopic (exact) mass is 287 g/mol. The molecule has 0 saturated carbocycles. The summed E-state index contributed by atoms with van der Waals surface area (Å²) < 4.78 is 29.2. The lowest BCUT2D eigenvalue weighted by molar-refractivity contribution is 0.0884. The van der Waals surface area contributed by atoms with E-state index >= 15 is 0 Å². The van der Waals surface area contributed by atoms with Crippen LogP contribution in [0.25, 0.3) is 0 Å². The highest BCUT2D eigenvalue weighted by Gasteiger charge is 2.27. The molecule has 0 unspecified atom stereocenters. The fourth-order valence-corrected chi connectivity index (χ4v) is 3.00. The molecule has 7 nitrogen and oxygen atoms in total. The molecule has 0 aliphatic carbocycles. The number of rotatable bonds is 3. The van der Waals surface area contributed by atoms with Gasteiger partial charge >= 0.3 is 0 Å². The molecule has 1 N–H and O–H groups in total. The minimum Gasteiger partial charge on any atom is -0.351 e. The van der Waals surface area contributed by atoms with Gasteiger partial charge in [-0.3, -0.25) is 4.79 Å². The number of hydrogen-bond acceptors (Lipinski definition) is 5. The van der Waals surface area contributed by atoms with E-state index in [2.05, 4.69) is 10.5 Å². The van der Waals surface area contributed by atoms with Crippen LogP contribution >= 0.6 is 0 Å². The maximum atomic E-state index is 11.9. The average Bonchev–Trinajstić information content (AvgIpc) is 2.75. The predicted molar refractivity (Wildman–Crippen MR) is 68.1 cm³/mol. The second-order valence-electron chi connectivity index (χ2n) is 4.77. The second kappa shape index (κ2) is 5.30. The Kier molecular flexibility index (Phi) is 3.91. The normalized spacial score (nSPS) is 21.3. The molecular formula is C11H17N3O4S. The first kappa shape index (κ1) is 14.0. The first-order valence-electron chi connectivity index (χ1n) is 6.05. The van der Waals surface area contributed by atoms with Crippen molar-refractivity contribution in [1.82, 2.24) is 14.8 Å². The minimum absolute atomic E-state index is 0.147. The van der Waals surface area contributed by atoms with E-state index in [4.69, 9.17) is 4.52 Å². The van der Waals surface area contributed by atoms with Gasteiger partial charge in [0.1, 0.15) is 0 Å². The largest absolute Gasteiger partial charge is 0.351 e. The van der Waals surface area contributed by atoms with E-state index in [1.807, 2.05) is 0 Å². The molecule has 1 saturated heterocycles. The number of hydrogen-bond donors (Lipinski definition) is 1. The minimum atomic E-state index is -3.21. The van der Waals surface area contributed by atoms with Gasteiger partial charge in [0.15, 0.2) is 0 Å². The van der Waals surface area contributed by atoms with E-state index in [-0.39, 0.29) is 17.7 Å². The second-order valence-corrected chi connectivity index (χ2v) is 6.75. The van der Waals surface area contributed by atoms with Crippen LogP contribution in [0.4, 0.5) is 0 Å². The molecule has 1 aromatic heterocycles. The van der Waals surface area contributed by atoms with Gasteiger partial charge in [0.2, 0.25) is 15.8 Å². The number of carbonyl (C=O) groups excluding carboxylic acids is 1. The van der Waals surface area contributed by atoms with E-state index < -0.39 is 10.0 Å². The van der Waals surface area contributed by atoms with E-state index in [0.717, 1.165) is 12.8 Å². The summed E-state index contributed by atoms with van der Waals surface area (Å²) in [5, 5.41) is 6.41. The quantitative estimate of drug-likeness (QED) is 0.853. The van der Waals surface area contributed by atoms with Gasteiger partial charge in [0, 0.05) is 25.2 Å². The zero-order valence-corrected chi connectivity index (χ0v) is 11.7. The fourth-order valence-electron chi connectivity index (χ4n) is 2.09. The molecule has 1 aromatic rings. The summed E-state index contributed by atoms with van der Waals surface area (Å²) in [5.74, 6) is -0.213. The van der Waals surface area contributed by atoms with E-state index in [1.54, 1.807) is 13.0 Å². The number of aryl methyl sites for hydroxylation is 1. The van der Waals surface area contributed by atoms with Crippen LogP contribution in [0.1, 0.15) is 29.1 Å². The van der Waals surface area contributed by atoms with Gasteiger partial charge in [-0.2, -0.15) is 0 Å². The van der Waals surface area contributed by atoms with Gasteiger partial charge in [0.25, 0.3) is 5.91 Å². The van der Waals surface area contributed by atoms with E-state index in [1.165, 1.54) is 10.6 Å². The standard InChI is InChI=1S/C11H17N3O4S/c1-8-6-10(18-13-8)11(15)12-9-4-3-5-14(7-9)19(2,16)17/h6,9H,3-5,7H2,1-2H3,(H,12,15)/t9-/m0/s1. The maximum Gasteiger partial charge on any atom is 0.290 e. The molecule has 0 radical (unpaired) electrons. The summed E-state index contributed by atoms with van der Waals surface area (Å²) in [7, 11) is -3.21. The molecule has 1 aliphatic rings. The summed E-state index contributed by atoms with van der Waals surface area (Å²) in [6, 6.07) is 1.35. The maximum absolute atomic E-state index is 11.9. The Balaban J connectivity index is 1.98. The lowest BCUT2D eigenvalue weighted by Crippen LogP contribution is -2.49. The summed E-state index contributed by atoms with van der Waals surface area (Å²) in [6.07, 6.45) is 2.66. The Labute approximate surface area is 112 Å². The lowest BCUT2D eigenvalue weighted by atomic mass is 10.1. The molecule has 19 heavy (non-hydrogen) atoms. The highest BCUT2D eigenvalue weighted by Crippen LogP contribution is 2.14. The van der Waals surface area contributed by atoms with Crippen LogP contribution < -0.4 is 5.32 Å². The summed E-state index contributed by atoms with van der Waals surface area (Å²) in [5.41, 5.74) is 0.631. The molecular weight excluding hydrogens is 270 g/mol. The molecule has 0 aromatic carbocycles. The molecule has 1 atom stereocenters. The smallest absolute Gasteiger partial charge is 0.290 e. The van der Waals surface area contributed by atoms with Crippen LogP contribution in [0, 0.1) is 6.92 Å². The number of carbonyl (C=O) groups is 1. The first-order valence-corrected chi connectivity index (χ1v) is 7.90. The summed E-state index contributed by atoms with van der Waals surface area (Å²) in [4.78, 5) is 11.9. The SMILES string of the molecule is Cc1cc(C(=O)N[C@H]2CCCN(S(C)(=O)=O)C2)on1. The highest BCUT2D eigenvalue weighted by molar-refractivity contribution is 7.88. The Morgan fingerprint density at radius 3 is 2.89 bits per heavy atom. The topological polar surface area (TPSA) is 92.5 Å². The molecule has 0 spiro atoms. The number of piperidine rings is 1. The Morgan fingerprint density at radius 1 is 1.58 bits per heavy atom. The van der Waals surface area contributed by atoms with Crippen molar-refractivity contribution in [2.24, 2.45) is 0 Å². The fraction of sp³-hybridized carbons (Fsp3) is 0.636. The van der Waals surface area contributed by atoms with Crippen molar-refractivity contribution in [2.75, 3.05) is 19.3 Å². The third kappa shape index (κ3) is 3.54. The number of nitrogens with zero attached hydrogens (tertiary/aromatic N) is 2. The van der Waals surface area contributed by atoms with Crippen LogP contribution in [-0.2, 0) is 10.0 Å². The number of amides is 1. The average molecular weight is 287 g/mol. The zero-order valence-electron chi connectivity index (χ0n) is 10.9. The van der Waals surface area contributed by atoms with Gasteiger partial charge in [-0.15, -0.1) is 0 Å². The van der Waals surface area contributed by atoms with Gasteiger partial charge in [-0.25, -0.2) is 12.7 Å². The molecule has 8 heteroatoms. The number of nitrogens with one attached hydrogen (secondary N) is 1. The van der Waals surface area contributed by atoms with Gasteiger partial charge in [-0.05, 0) is 19.8 Å². The Bertz CT molecular complexity index is 566. The van der Waals surface area contributed by atoms with Crippen molar-refractivity contribution < 1.29 is 17.7 Å². The van der Waals surface area contributed by atoms with E-state index in [9.17, 15) is 13.2 Å². The molecule has 106 valence electrons. The van der Waals surface area contributed by atoms with Crippen molar-refractivity contribution in [3.05, 3.63) is 17.5 Å². The molecule has 1 aliphatic heterocycles. The van der Waals surface area contributed by atoms with Gasteiger partial charge in [-0.1, -0.05) is 5.16 Å². The van der Waals surface area contributed by atoms with Gasteiger partial charge in [0.05, 0.1) is 11.9 Å². The van der Waals surface area contributed by atoms with Crippen molar-refractivity contribution in [2.45, 2.75) is 25.8 Å². The summed E-state index contributed by atoms with van der Waals surface area (Å²) >= 11 is 0. The molecule has 2 rings (SSSR count). The van der Waals surface area contributed by atoms with Crippen LogP contribution in [0.5, 0.6) is 0 Å². The van der Waals surface area contributed by atoms with Gasteiger partial charge < -0.3 is 9.84 Å². The molecule has 2 heterocycles. The third-order valence-corrected chi connectivity index (χ3v) is 4.31. The number of sulfonamides is 1. The highest BCUT2D eigenvalue weighted by atomic mass is 32.2. The summed E-state index contributed by atoms with van der Waals surface area (Å²) in [6.45, 7) is 2.54. The van der Waals surface area contributed by atoms with Crippen LogP contribution in [0.3, 0.4) is 0 Å². The number of aromatic nitrogens is 1. The van der Waals surface area contributed by atoms with Crippen LogP contribution in [0.2, 0.25) is 0 Å². The molecule has 1 amide bonds. The Morgan fingerprint density at radius 2 is 2.32 bits per heavy atom. The zero-order chi connectivity index (χ0) is 14.0. The Hall–Kier alpha value is -1.41. The van der Waals surface area contributed by atoms with E-state index in [0.29, 0.717) is 18.8 Å². The van der Waals surface area contributed by atoms with Crippen molar-refractivity contribution in [3.8, 4) is 0 Å². The van der Waals surface area contributed by atoms with Crippen molar-refractivity contribution in [1.29, 1.82) is 0 Å². The van der Waals surface area contributed by atoms with Crippen molar-refractivity contribution in [3.63, 3.8) is 0 Å². The predicted octanol–water partition coefficient (Wildman–Crippen LogP) is 0.137. The van der Waals surface area contributed by atoms with Crippen LogP contribution in [0.15, 0.2) is 10.6 Å². The lowest BCUT2D eigenvalue weighted by Gasteiger charge is -2.31. The first-order chi connectivity index (χ1) is 8.86. The molecule has 0 bridgehead atoms.